The lowest BCUT2D eigenvalue weighted by Gasteiger charge is -2.21. The third-order valence-electron chi connectivity index (χ3n) is 4.05. The Kier molecular flexibility index (Phi) is 4.04. The van der Waals surface area contributed by atoms with Crippen LogP contribution in [0.2, 0.25) is 0 Å². The van der Waals surface area contributed by atoms with Gasteiger partial charge in [0.05, 0.1) is 5.56 Å². The minimum atomic E-state index is -0.966. The SMILES string of the molecule is CC1Cc2ccccc2N1C(=O)C(=O)NC(=O)c1ccccc1N. The van der Waals surface area contributed by atoms with Crippen LogP contribution in [-0.4, -0.2) is 23.8 Å². The van der Waals surface area contributed by atoms with Crippen molar-refractivity contribution >= 4 is 29.1 Å². The van der Waals surface area contributed by atoms with E-state index in [1.807, 2.05) is 25.1 Å². The van der Waals surface area contributed by atoms with Gasteiger partial charge in [-0.25, -0.2) is 0 Å². The fourth-order valence-electron chi connectivity index (χ4n) is 2.91. The summed E-state index contributed by atoms with van der Waals surface area (Å²) in [5, 5.41) is 2.12. The van der Waals surface area contributed by atoms with Crippen molar-refractivity contribution in [2.24, 2.45) is 0 Å². The van der Waals surface area contributed by atoms with Crippen LogP contribution in [0.1, 0.15) is 22.8 Å². The number of carbonyl (C=O) groups is 3. The number of benzene rings is 2. The van der Waals surface area contributed by atoms with Gasteiger partial charge >= 0.3 is 11.8 Å². The van der Waals surface area contributed by atoms with Crippen LogP contribution in [0, 0.1) is 0 Å². The van der Waals surface area contributed by atoms with Crippen molar-refractivity contribution in [1.29, 1.82) is 0 Å². The van der Waals surface area contributed by atoms with Gasteiger partial charge in [-0.1, -0.05) is 30.3 Å². The molecule has 3 N–H and O–H groups in total. The van der Waals surface area contributed by atoms with Gasteiger partial charge in [0.2, 0.25) is 0 Å². The zero-order valence-electron chi connectivity index (χ0n) is 13.2. The highest BCUT2D eigenvalue weighted by Gasteiger charge is 2.34. The van der Waals surface area contributed by atoms with E-state index >= 15 is 0 Å². The number of amides is 3. The molecule has 0 saturated carbocycles. The second kappa shape index (κ2) is 6.16. The molecule has 3 rings (SSSR count). The largest absolute Gasteiger partial charge is 0.398 e. The third-order valence-corrected chi connectivity index (χ3v) is 4.05. The zero-order valence-corrected chi connectivity index (χ0v) is 13.2. The standard InChI is InChI=1S/C18H17N3O3/c1-11-10-12-6-2-5-9-15(12)21(11)18(24)17(23)20-16(22)13-7-3-4-8-14(13)19/h2-9,11H,10,19H2,1H3,(H,20,22,23). The van der Waals surface area contributed by atoms with Crippen LogP contribution >= 0.6 is 0 Å². The van der Waals surface area contributed by atoms with Crippen LogP contribution in [0.25, 0.3) is 0 Å². The quantitative estimate of drug-likeness (QED) is 0.614. The second-order valence-corrected chi connectivity index (χ2v) is 5.73. The molecule has 0 fully saturated rings. The Hall–Kier alpha value is -3.15. The average Bonchev–Trinajstić information content (AvgIpc) is 2.90. The molecule has 6 nitrogen and oxygen atoms in total. The number of nitrogen functional groups attached to an aromatic ring is 1. The minimum Gasteiger partial charge on any atom is -0.398 e. The number of rotatable bonds is 1. The molecule has 0 bridgehead atoms. The number of carbonyl (C=O) groups excluding carboxylic acids is 3. The molecule has 122 valence electrons. The summed E-state index contributed by atoms with van der Waals surface area (Å²) in [5.74, 6) is -2.41. The summed E-state index contributed by atoms with van der Waals surface area (Å²) in [5.41, 5.74) is 7.83. The molecule has 1 atom stereocenters. The first-order valence-corrected chi connectivity index (χ1v) is 7.60. The van der Waals surface area contributed by atoms with E-state index in [0.29, 0.717) is 12.1 Å². The van der Waals surface area contributed by atoms with E-state index in [2.05, 4.69) is 5.32 Å². The summed E-state index contributed by atoms with van der Waals surface area (Å²) in [4.78, 5) is 38.3. The van der Waals surface area contributed by atoms with Crippen molar-refractivity contribution in [2.45, 2.75) is 19.4 Å². The molecule has 24 heavy (non-hydrogen) atoms. The van der Waals surface area contributed by atoms with Crippen molar-refractivity contribution in [3.05, 3.63) is 59.7 Å². The maximum absolute atomic E-state index is 12.5. The first kappa shape index (κ1) is 15.7. The van der Waals surface area contributed by atoms with Crippen molar-refractivity contribution in [2.75, 3.05) is 10.6 Å². The molecular formula is C18H17N3O3. The zero-order chi connectivity index (χ0) is 17.3. The average molecular weight is 323 g/mol. The molecule has 0 radical (unpaired) electrons. The molecule has 1 aliphatic heterocycles. The Morgan fingerprint density at radius 1 is 1.08 bits per heavy atom. The molecular weight excluding hydrogens is 306 g/mol. The van der Waals surface area contributed by atoms with E-state index in [-0.39, 0.29) is 17.3 Å². The summed E-state index contributed by atoms with van der Waals surface area (Å²) in [6.45, 7) is 1.86. The van der Waals surface area contributed by atoms with Crippen molar-refractivity contribution in [3.8, 4) is 0 Å². The molecule has 1 heterocycles. The van der Waals surface area contributed by atoms with Crippen LogP contribution in [-0.2, 0) is 16.0 Å². The van der Waals surface area contributed by atoms with Crippen LogP contribution < -0.4 is 16.0 Å². The molecule has 2 aromatic carbocycles. The van der Waals surface area contributed by atoms with Crippen LogP contribution in [0.5, 0.6) is 0 Å². The molecule has 1 aliphatic rings. The van der Waals surface area contributed by atoms with E-state index < -0.39 is 17.7 Å². The number of nitrogens with two attached hydrogens (primary N) is 1. The summed E-state index contributed by atoms with van der Waals surface area (Å²) in [6, 6.07) is 13.6. The number of nitrogens with zero attached hydrogens (tertiary/aromatic N) is 1. The van der Waals surface area contributed by atoms with E-state index in [4.69, 9.17) is 5.73 Å². The van der Waals surface area contributed by atoms with Crippen molar-refractivity contribution < 1.29 is 14.4 Å². The molecule has 0 spiro atoms. The second-order valence-electron chi connectivity index (χ2n) is 5.73. The van der Waals surface area contributed by atoms with Crippen molar-refractivity contribution in [3.63, 3.8) is 0 Å². The molecule has 0 aromatic heterocycles. The van der Waals surface area contributed by atoms with Gasteiger partial charge < -0.3 is 10.6 Å². The predicted octanol–water partition coefficient (Wildman–Crippen LogP) is 1.50. The highest BCUT2D eigenvalue weighted by atomic mass is 16.2. The Morgan fingerprint density at radius 2 is 1.75 bits per heavy atom. The number of para-hydroxylation sites is 2. The maximum atomic E-state index is 12.5. The topological polar surface area (TPSA) is 92.5 Å². The summed E-state index contributed by atoms with van der Waals surface area (Å²) >= 11 is 0. The Balaban J connectivity index is 1.77. The van der Waals surface area contributed by atoms with Gasteiger partial charge in [0.1, 0.15) is 0 Å². The van der Waals surface area contributed by atoms with Gasteiger partial charge in [0.15, 0.2) is 0 Å². The van der Waals surface area contributed by atoms with Gasteiger partial charge in [0.25, 0.3) is 5.91 Å². The van der Waals surface area contributed by atoms with Crippen LogP contribution in [0.4, 0.5) is 11.4 Å². The Labute approximate surface area is 139 Å². The number of fused-ring (bicyclic) bond motifs is 1. The number of hydrogen-bond acceptors (Lipinski definition) is 4. The normalized spacial score (nSPS) is 15.7. The molecule has 2 aromatic rings. The van der Waals surface area contributed by atoms with E-state index in [1.165, 1.54) is 11.0 Å². The lowest BCUT2D eigenvalue weighted by atomic mass is 10.1. The van der Waals surface area contributed by atoms with Gasteiger partial charge in [-0.05, 0) is 37.1 Å². The highest BCUT2D eigenvalue weighted by Crippen LogP contribution is 2.31. The first-order chi connectivity index (χ1) is 11.5. The summed E-state index contributed by atoms with van der Waals surface area (Å²) in [7, 11) is 0. The Morgan fingerprint density at radius 3 is 2.50 bits per heavy atom. The number of nitrogens with one attached hydrogen (secondary N) is 1. The lowest BCUT2D eigenvalue weighted by Crippen LogP contribution is -2.47. The number of imide groups is 1. The number of anilines is 2. The van der Waals surface area contributed by atoms with Gasteiger partial charge in [0, 0.05) is 17.4 Å². The number of hydrogen-bond donors (Lipinski definition) is 2. The molecule has 6 heteroatoms. The first-order valence-electron chi connectivity index (χ1n) is 7.60. The van der Waals surface area contributed by atoms with Gasteiger partial charge in [-0.3, -0.25) is 19.7 Å². The highest BCUT2D eigenvalue weighted by molar-refractivity contribution is 6.43. The third kappa shape index (κ3) is 2.74. The van der Waals surface area contributed by atoms with E-state index in [0.717, 1.165) is 5.56 Å². The molecule has 0 aliphatic carbocycles. The minimum absolute atomic E-state index is 0.141. The molecule has 3 amide bonds. The van der Waals surface area contributed by atoms with Gasteiger partial charge in [-0.15, -0.1) is 0 Å². The smallest absolute Gasteiger partial charge is 0.317 e. The fraction of sp³-hybridized carbons (Fsp3) is 0.167. The predicted molar refractivity (Wildman–Crippen MR) is 90.4 cm³/mol. The van der Waals surface area contributed by atoms with E-state index in [1.54, 1.807) is 24.3 Å². The fourth-order valence-corrected chi connectivity index (χ4v) is 2.91. The summed E-state index contributed by atoms with van der Waals surface area (Å²) in [6.07, 6.45) is 0.675. The van der Waals surface area contributed by atoms with E-state index in [9.17, 15) is 14.4 Å². The lowest BCUT2D eigenvalue weighted by molar-refractivity contribution is -0.137. The Bertz CT molecular complexity index is 832. The van der Waals surface area contributed by atoms with Gasteiger partial charge in [-0.2, -0.15) is 0 Å². The monoisotopic (exact) mass is 323 g/mol. The van der Waals surface area contributed by atoms with Crippen molar-refractivity contribution in [1.82, 2.24) is 5.32 Å². The van der Waals surface area contributed by atoms with Crippen LogP contribution in [0.15, 0.2) is 48.5 Å². The summed E-state index contributed by atoms with van der Waals surface area (Å²) < 4.78 is 0. The van der Waals surface area contributed by atoms with Crippen LogP contribution in [0.3, 0.4) is 0 Å². The maximum Gasteiger partial charge on any atom is 0.317 e. The molecule has 1 unspecified atom stereocenters. The molecule has 0 saturated heterocycles.